The summed E-state index contributed by atoms with van der Waals surface area (Å²) < 4.78 is 0. The Bertz CT molecular complexity index is 279. The molecule has 0 aromatic heterocycles. The zero-order chi connectivity index (χ0) is 8.97. The van der Waals surface area contributed by atoms with E-state index in [0.29, 0.717) is 5.56 Å². The molecule has 2 heteroatoms. The third-order valence-electron chi connectivity index (χ3n) is 1.77. The summed E-state index contributed by atoms with van der Waals surface area (Å²) in [5.41, 5.74) is 1.35. The fourth-order valence-electron chi connectivity index (χ4n) is 1.22. The van der Waals surface area contributed by atoms with Crippen LogP contribution < -0.4 is 0 Å². The summed E-state index contributed by atoms with van der Waals surface area (Å²) in [5, 5.41) is 8.79. The summed E-state index contributed by atoms with van der Waals surface area (Å²) >= 11 is 0. The molecule has 0 saturated heterocycles. The standard InChI is InChI=1S/C10H12O2/c1-2-5-8-6-3-4-7-9(8)10(11)12/h3-4,6-7H,2,5H2,1H3,(H,11,12). The average Bonchev–Trinajstić information content (AvgIpc) is 2.05. The van der Waals surface area contributed by atoms with Gasteiger partial charge in [0.1, 0.15) is 0 Å². The van der Waals surface area contributed by atoms with Crippen LogP contribution in [-0.2, 0) is 6.42 Å². The highest BCUT2D eigenvalue weighted by atomic mass is 16.4. The van der Waals surface area contributed by atoms with Crippen molar-refractivity contribution in [3.63, 3.8) is 0 Å². The Morgan fingerprint density at radius 3 is 2.67 bits per heavy atom. The zero-order valence-corrected chi connectivity index (χ0v) is 7.08. The van der Waals surface area contributed by atoms with E-state index in [9.17, 15) is 4.79 Å². The van der Waals surface area contributed by atoms with Gasteiger partial charge in [-0.05, 0) is 18.1 Å². The summed E-state index contributed by atoms with van der Waals surface area (Å²) in [6, 6.07) is 7.14. The maximum absolute atomic E-state index is 10.7. The van der Waals surface area contributed by atoms with Gasteiger partial charge in [-0.15, -0.1) is 0 Å². The second-order valence-electron chi connectivity index (χ2n) is 2.71. The quantitative estimate of drug-likeness (QED) is 0.744. The number of aryl methyl sites for hydroxylation is 1. The molecule has 1 aromatic rings. The van der Waals surface area contributed by atoms with Crippen molar-refractivity contribution in [1.29, 1.82) is 0 Å². The highest BCUT2D eigenvalue weighted by Crippen LogP contribution is 2.10. The van der Waals surface area contributed by atoms with E-state index in [2.05, 4.69) is 0 Å². The zero-order valence-electron chi connectivity index (χ0n) is 7.08. The lowest BCUT2D eigenvalue weighted by molar-refractivity contribution is 0.0695. The summed E-state index contributed by atoms with van der Waals surface area (Å²) in [6.07, 6.45) is 1.81. The number of aromatic carboxylic acids is 1. The first-order valence-electron chi connectivity index (χ1n) is 4.07. The van der Waals surface area contributed by atoms with Gasteiger partial charge in [-0.25, -0.2) is 4.79 Å². The summed E-state index contributed by atoms with van der Waals surface area (Å²) in [6.45, 7) is 2.04. The van der Waals surface area contributed by atoms with Crippen LogP contribution in [0.15, 0.2) is 24.3 Å². The van der Waals surface area contributed by atoms with Crippen LogP contribution in [0.4, 0.5) is 0 Å². The molecule has 1 rings (SSSR count). The van der Waals surface area contributed by atoms with E-state index in [1.54, 1.807) is 12.1 Å². The Balaban J connectivity index is 3.00. The number of benzene rings is 1. The lowest BCUT2D eigenvalue weighted by atomic mass is 10.0. The van der Waals surface area contributed by atoms with Gasteiger partial charge < -0.3 is 5.11 Å². The molecule has 0 atom stereocenters. The van der Waals surface area contributed by atoms with Crippen molar-refractivity contribution in [2.45, 2.75) is 19.8 Å². The number of carbonyl (C=O) groups is 1. The van der Waals surface area contributed by atoms with Gasteiger partial charge in [-0.3, -0.25) is 0 Å². The van der Waals surface area contributed by atoms with E-state index in [4.69, 9.17) is 5.11 Å². The fourth-order valence-corrected chi connectivity index (χ4v) is 1.22. The minimum absolute atomic E-state index is 0.430. The molecule has 0 heterocycles. The largest absolute Gasteiger partial charge is 0.478 e. The predicted octanol–water partition coefficient (Wildman–Crippen LogP) is 2.34. The van der Waals surface area contributed by atoms with E-state index in [0.717, 1.165) is 18.4 Å². The van der Waals surface area contributed by atoms with Gasteiger partial charge >= 0.3 is 5.97 Å². The molecule has 0 aliphatic carbocycles. The molecule has 0 spiro atoms. The van der Waals surface area contributed by atoms with Crippen LogP contribution in [-0.4, -0.2) is 11.1 Å². The van der Waals surface area contributed by atoms with E-state index < -0.39 is 5.97 Å². The van der Waals surface area contributed by atoms with Gasteiger partial charge in [0.25, 0.3) is 0 Å². The van der Waals surface area contributed by atoms with Crippen LogP contribution in [0.5, 0.6) is 0 Å². The van der Waals surface area contributed by atoms with Crippen LogP contribution in [0.1, 0.15) is 29.3 Å². The molecular formula is C10H12O2. The molecule has 0 aliphatic heterocycles. The number of carboxylic acids is 1. The number of hydrogen-bond donors (Lipinski definition) is 1. The van der Waals surface area contributed by atoms with Crippen LogP contribution in [0, 0.1) is 0 Å². The molecule has 0 radical (unpaired) electrons. The first-order valence-corrected chi connectivity index (χ1v) is 4.07. The Morgan fingerprint density at radius 2 is 2.08 bits per heavy atom. The van der Waals surface area contributed by atoms with Gasteiger partial charge in [-0.1, -0.05) is 31.5 Å². The molecular weight excluding hydrogens is 152 g/mol. The first kappa shape index (κ1) is 8.78. The minimum Gasteiger partial charge on any atom is -0.478 e. The molecule has 1 aromatic carbocycles. The van der Waals surface area contributed by atoms with Crippen molar-refractivity contribution in [3.8, 4) is 0 Å². The molecule has 0 aliphatic rings. The van der Waals surface area contributed by atoms with Crippen molar-refractivity contribution in [2.24, 2.45) is 0 Å². The van der Waals surface area contributed by atoms with Crippen molar-refractivity contribution in [2.75, 3.05) is 0 Å². The molecule has 12 heavy (non-hydrogen) atoms. The van der Waals surface area contributed by atoms with E-state index >= 15 is 0 Å². The van der Waals surface area contributed by atoms with Crippen molar-refractivity contribution in [1.82, 2.24) is 0 Å². The molecule has 0 unspecified atom stereocenters. The molecule has 0 saturated carbocycles. The lowest BCUT2D eigenvalue weighted by Gasteiger charge is -2.02. The van der Waals surface area contributed by atoms with Gasteiger partial charge in [0.15, 0.2) is 0 Å². The van der Waals surface area contributed by atoms with Crippen LogP contribution in [0.25, 0.3) is 0 Å². The Morgan fingerprint density at radius 1 is 1.42 bits per heavy atom. The highest BCUT2D eigenvalue weighted by molar-refractivity contribution is 5.89. The van der Waals surface area contributed by atoms with Gasteiger partial charge in [-0.2, -0.15) is 0 Å². The van der Waals surface area contributed by atoms with Crippen LogP contribution >= 0.6 is 0 Å². The molecule has 64 valence electrons. The molecule has 2 nitrogen and oxygen atoms in total. The highest BCUT2D eigenvalue weighted by Gasteiger charge is 2.06. The van der Waals surface area contributed by atoms with Crippen LogP contribution in [0.3, 0.4) is 0 Å². The number of rotatable bonds is 3. The Kier molecular flexibility index (Phi) is 2.86. The molecule has 1 N–H and O–H groups in total. The third-order valence-corrected chi connectivity index (χ3v) is 1.77. The normalized spacial score (nSPS) is 9.75. The predicted molar refractivity (Wildman–Crippen MR) is 47.4 cm³/mol. The number of hydrogen-bond acceptors (Lipinski definition) is 1. The maximum Gasteiger partial charge on any atom is 0.335 e. The van der Waals surface area contributed by atoms with Gasteiger partial charge in [0, 0.05) is 0 Å². The average molecular weight is 164 g/mol. The Hall–Kier alpha value is -1.31. The smallest absolute Gasteiger partial charge is 0.335 e. The molecule has 0 fully saturated rings. The minimum atomic E-state index is -0.834. The second-order valence-corrected chi connectivity index (χ2v) is 2.71. The number of carboxylic acid groups (broad SMARTS) is 1. The molecule has 0 bridgehead atoms. The van der Waals surface area contributed by atoms with Crippen molar-refractivity contribution in [3.05, 3.63) is 35.4 Å². The van der Waals surface area contributed by atoms with Gasteiger partial charge in [0.05, 0.1) is 5.56 Å². The van der Waals surface area contributed by atoms with Crippen molar-refractivity contribution >= 4 is 5.97 Å². The molecule has 0 amide bonds. The topological polar surface area (TPSA) is 37.3 Å². The van der Waals surface area contributed by atoms with Gasteiger partial charge in [0.2, 0.25) is 0 Å². The van der Waals surface area contributed by atoms with E-state index in [1.165, 1.54) is 0 Å². The Labute approximate surface area is 71.8 Å². The summed E-state index contributed by atoms with van der Waals surface area (Å²) in [7, 11) is 0. The van der Waals surface area contributed by atoms with E-state index in [1.807, 2.05) is 19.1 Å². The summed E-state index contributed by atoms with van der Waals surface area (Å²) in [5.74, 6) is -0.834. The second kappa shape index (κ2) is 3.90. The van der Waals surface area contributed by atoms with Crippen molar-refractivity contribution < 1.29 is 9.90 Å². The maximum atomic E-state index is 10.7. The fraction of sp³-hybridized carbons (Fsp3) is 0.300. The third kappa shape index (κ3) is 1.84. The summed E-state index contributed by atoms with van der Waals surface area (Å²) in [4.78, 5) is 10.7. The monoisotopic (exact) mass is 164 g/mol. The van der Waals surface area contributed by atoms with Crippen LogP contribution in [0.2, 0.25) is 0 Å². The first-order chi connectivity index (χ1) is 5.75. The lowest BCUT2D eigenvalue weighted by Crippen LogP contribution is -2.01. The SMILES string of the molecule is CCCc1ccccc1C(=O)O. The van der Waals surface area contributed by atoms with E-state index in [-0.39, 0.29) is 0 Å².